The normalized spacial score (nSPS) is 14.9. The number of methoxy groups -OCH3 is 1. The second-order valence-corrected chi connectivity index (χ2v) is 7.56. The van der Waals surface area contributed by atoms with Crippen LogP contribution in [0.2, 0.25) is 0 Å². The Balaban J connectivity index is 1.67. The lowest BCUT2D eigenvalue weighted by Gasteiger charge is -2.08. The summed E-state index contributed by atoms with van der Waals surface area (Å²) in [6.07, 6.45) is 6.05. The van der Waals surface area contributed by atoms with Crippen LogP contribution in [0.5, 0.6) is 5.75 Å². The van der Waals surface area contributed by atoms with E-state index in [1.54, 1.807) is 18.2 Å². The molecule has 8 nitrogen and oxygen atoms in total. The van der Waals surface area contributed by atoms with Gasteiger partial charge in [0.1, 0.15) is 18.2 Å². The molecule has 152 valence electrons. The zero-order valence-corrected chi connectivity index (χ0v) is 17.1. The van der Waals surface area contributed by atoms with E-state index in [1.807, 2.05) is 31.2 Å². The van der Waals surface area contributed by atoms with E-state index in [2.05, 4.69) is 10.1 Å². The lowest BCUT2D eigenvalue weighted by Crippen LogP contribution is -2.17. The van der Waals surface area contributed by atoms with Crippen LogP contribution in [0.4, 0.5) is 5.82 Å². The predicted octanol–water partition coefficient (Wildman–Crippen LogP) is 2.67. The maximum Gasteiger partial charge on any atom is 0.283 e. The number of hydrogen-bond acceptors (Lipinski definition) is 8. The third-order valence-corrected chi connectivity index (χ3v) is 5.36. The van der Waals surface area contributed by atoms with Gasteiger partial charge in [0, 0.05) is 0 Å². The number of allylic oxidation sites excluding steroid dienone is 4. The molecule has 0 saturated heterocycles. The van der Waals surface area contributed by atoms with Gasteiger partial charge in [-0.1, -0.05) is 35.6 Å². The summed E-state index contributed by atoms with van der Waals surface area (Å²) in [5.74, 6) is 0.858. The van der Waals surface area contributed by atoms with Gasteiger partial charge in [0.25, 0.3) is 5.56 Å². The van der Waals surface area contributed by atoms with Gasteiger partial charge in [-0.15, -0.1) is 0 Å². The molecule has 0 spiro atoms. The Morgan fingerprint density at radius 3 is 2.80 bits per heavy atom. The number of anilines is 1. The maximum absolute atomic E-state index is 12.5. The molecule has 30 heavy (non-hydrogen) atoms. The molecule has 2 N–H and O–H groups in total. The van der Waals surface area contributed by atoms with Crippen molar-refractivity contribution in [3.8, 4) is 5.75 Å². The van der Waals surface area contributed by atoms with Gasteiger partial charge in [-0.05, 0) is 42.4 Å². The zero-order chi connectivity index (χ0) is 21.3. The summed E-state index contributed by atoms with van der Waals surface area (Å²) in [6.45, 7) is 2.19. The number of hydrogen-bond donors (Lipinski definition) is 1. The van der Waals surface area contributed by atoms with Gasteiger partial charge >= 0.3 is 0 Å². The molecule has 0 aliphatic heterocycles. The lowest BCUT2D eigenvalue weighted by molar-refractivity contribution is -0.114. The van der Waals surface area contributed by atoms with E-state index in [0.717, 1.165) is 11.3 Å². The number of carbonyl (C=O) groups is 1. The Morgan fingerprint density at radius 2 is 2.03 bits per heavy atom. The van der Waals surface area contributed by atoms with Crippen molar-refractivity contribution in [2.24, 2.45) is 0 Å². The summed E-state index contributed by atoms with van der Waals surface area (Å²) >= 11 is 1.23. The second-order valence-electron chi connectivity index (χ2n) is 6.51. The quantitative estimate of drug-likeness (QED) is 0.673. The predicted molar refractivity (Wildman–Crippen MR) is 114 cm³/mol. The Labute approximate surface area is 175 Å². The Kier molecular flexibility index (Phi) is 5.20. The highest BCUT2D eigenvalue weighted by atomic mass is 32.1. The highest BCUT2D eigenvalue weighted by Crippen LogP contribution is 2.23. The number of para-hydroxylation sites is 1. The first-order chi connectivity index (χ1) is 14.5. The monoisotopic (exact) mass is 422 g/mol. The number of aryl methyl sites for hydroxylation is 1. The van der Waals surface area contributed by atoms with Crippen molar-refractivity contribution < 1.29 is 14.3 Å². The molecule has 1 aliphatic rings. The number of fused-ring (bicyclic) bond motifs is 1. The fourth-order valence-electron chi connectivity index (χ4n) is 2.91. The van der Waals surface area contributed by atoms with Crippen LogP contribution in [-0.4, -0.2) is 27.5 Å². The van der Waals surface area contributed by atoms with Gasteiger partial charge < -0.3 is 15.2 Å². The van der Waals surface area contributed by atoms with E-state index in [-0.39, 0.29) is 29.5 Å². The topological polar surface area (TPSA) is 109 Å². The molecule has 0 fully saturated rings. The summed E-state index contributed by atoms with van der Waals surface area (Å²) in [7, 11) is 1.41. The van der Waals surface area contributed by atoms with E-state index < -0.39 is 5.56 Å². The Bertz CT molecular complexity index is 1300. The zero-order valence-electron chi connectivity index (χ0n) is 16.3. The van der Waals surface area contributed by atoms with Crippen LogP contribution in [0.1, 0.15) is 16.1 Å². The number of ketones is 1. The molecule has 9 heteroatoms. The smallest absolute Gasteiger partial charge is 0.283 e. The van der Waals surface area contributed by atoms with Gasteiger partial charge in [0.05, 0.1) is 12.7 Å². The van der Waals surface area contributed by atoms with Crippen molar-refractivity contribution in [2.45, 2.75) is 13.5 Å². The molecule has 3 aromatic rings. The van der Waals surface area contributed by atoms with Crippen molar-refractivity contribution >= 4 is 34.0 Å². The van der Waals surface area contributed by atoms with E-state index >= 15 is 0 Å². The number of aromatic nitrogens is 3. The lowest BCUT2D eigenvalue weighted by atomic mass is 10.0. The molecule has 1 aromatic carbocycles. The summed E-state index contributed by atoms with van der Waals surface area (Å²) < 4.78 is 12.3. The fraction of sp³-hybridized carbons (Fsp3) is 0.143. The minimum absolute atomic E-state index is 0.161. The van der Waals surface area contributed by atoms with Gasteiger partial charge in [-0.2, -0.15) is 14.6 Å². The van der Waals surface area contributed by atoms with Crippen molar-refractivity contribution in [1.29, 1.82) is 0 Å². The number of nitrogen functional groups attached to an aromatic ring is 1. The summed E-state index contributed by atoms with van der Waals surface area (Å²) in [4.78, 5) is 28.7. The molecule has 0 saturated carbocycles. The molecule has 0 atom stereocenters. The molecular formula is C21H18N4O4S. The number of ether oxygens (including phenoxy) is 2. The highest BCUT2D eigenvalue weighted by molar-refractivity contribution is 7.16. The van der Waals surface area contributed by atoms with E-state index in [4.69, 9.17) is 15.2 Å². The standard InChI is InChI=1S/C21H18N4O4S/c1-12-5-3-4-6-16(12)29-11-18-24-25-19(22)14(20(27)23-21(25)30-18)9-13-7-8-15(26)17(10-13)28-2/h3-10H,11,22H2,1-2H3/b13-9+. The summed E-state index contributed by atoms with van der Waals surface area (Å²) in [5, 5.41) is 5.07. The molecule has 0 unspecified atom stereocenters. The van der Waals surface area contributed by atoms with Crippen LogP contribution < -0.4 is 16.0 Å². The van der Waals surface area contributed by atoms with E-state index in [1.165, 1.54) is 29.0 Å². The summed E-state index contributed by atoms with van der Waals surface area (Å²) in [6, 6.07) is 7.68. The van der Waals surface area contributed by atoms with Crippen LogP contribution in [0.15, 0.2) is 58.6 Å². The minimum atomic E-state index is -0.479. The van der Waals surface area contributed by atoms with Crippen molar-refractivity contribution in [3.63, 3.8) is 0 Å². The molecule has 1 aliphatic carbocycles. The molecule has 2 aromatic heterocycles. The van der Waals surface area contributed by atoms with Gasteiger partial charge in [-0.3, -0.25) is 9.59 Å². The number of rotatable bonds is 5. The highest BCUT2D eigenvalue weighted by Gasteiger charge is 2.16. The number of carbonyl (C=O) groups excluding carboxylic acids is 1. The van der Waals surface area contributed by atoms with Crippen LogP contribution in [0.3, 0.4) is 0 Å². The molecule has 4 rings (SSSR count). The van der Waals surface area contributed by atoms with Crippen LogP contribution >= 0.6 is 11.3 Å². The third-order valence-electron chi connectivity index (χ3n) is 4.48. The molecule has 0 amide bonds. The minimum Gasteiger partial charge on any atom is -0.493 e. The third kappa shape index (κ3) is 3.74. The van der Waals surface area contributed by atoms with Crippen molar-refractivity contribution in [3.05, 3.63) is 80.3 Å². The van der Waals surface area contributed by atoms with E-state index in [9.17, 15) is 9.59 Å². The van der Waals surface area contributed by atoms with Crippen molar-refractivity contribution in [2.75, 3.05) is 12.8 Å². The first kappa shape index (κ1) is 19.6. The van der Waals surface area contributed by atoms with E-state index in [0.29, 0.717) is 15.5 Å². The average Bonchev–Trinajstić information content (AvgIpc) is 3.14. The van der Waals surface area contributed by atoms with Crippen LogP contribution in [-0.2, 0) is 16.1 Å². The summed E-state index contributed by atoms with van der Waals surface area (Å²) in [5.41, 5.74) is 7.53. The molecule has 2 heterocycles. The molecule has 0 bridgehead atoms. The number of benzene rings is 1. The largest absolute Gasteiger partial charge is 0.493 e. The molecular weight excluding hydrogens is 404 g/mol. The Hall–Kier alpha value is -3.72. The first-order valence-electron chi connectivity index (χ1n) is 9.02. The number of nitrogens with two attached hydrogens (primary N) is 1. The maximum atomic E-state index is 12.5. The Morgan fingerprint density at radius 1 is 1.23 bits per heavy atom. The van der Waals surface area contributed by atoms with Gasteiger partial charge in [0.15, 0.2) is 10.8 Å². The van der Waals surface area contributed by atoms with Gasteiger partial charge in [-0.25, -0.2) is 0 Å². The second kappa shape index (κ2) is 7.96. The molecule has 0 radical (unpaired) electrons. The average molecular weight is 422 g/mol. The number of nitrogens with zero attached hydrogens (tertiary/aromatic N) is 3. The van der Waals surface area contributed by atoms with Crippen LogP contribution in [0, 0.1) is 6.92 Å². The van der Waals surface area contributed by atoms with Crippen molar-refractivity contribution in [1.82, 2.24) is 14.6 Å². The van der Waals surface area contributed by atoms with Crippen LogP contribution in [0.25, 0.3) is 11.0 Å². The fourth-order valence-corrected chi connectivity index (χ4v) is 3.72. The van der Waals surface area contributed by atoms with Gasteiger partial charge in [0.2, 0.25) is 10.7 Å². The SMILES string of the molecule is COC1=C/C(=C/c2c(N)n3nc(COc4ccccc4C)sc3nc2=O)C=CC1=O. The first-order valence-corrected chi connectivity index (χ1v) is 9.84.